The zero-order chi connectivity index (χ0) is 19.3. The number of carbonyl (C=O) groups excluding carboxylic acids is 1. The van der Waals surface area contributed by atoms with Gasteiger partial charge in [-0.15, -0.1) is 0 Å². The van der Waals surface area contributed by atoms with Gasteiger partial charge in [-0.1, -0.05) is 30.7 Å². The third kappa shape index (κ3) is 5.06. The summed E-state index contributed by atoms with van der Waals surface area (Å²) in [5.41, 5.74) is 1.35. The van der Waals surface area contributed by atoms with E-state index >= 15 is 0 Å². The molecule has 0 unspecified atom stereocenters. The van der Waals surface area contributed by atoms with Gasteiger partial charge < -0.3 is 5.32 Å². The maximum absolute atomic E-state index is 12.6. The van der Waals surface area contributed by atoms with Crippen LogP contribution >= 0.6 is 11.6 Å². The number of hydrogen-bond acceptors (Lipinski definition) is 3. The molecule has 2 rings (SSSR count). The largest absolute Gasteiger partial charge is 0.350 e. The molecule has 1 amide bonds. The molecule has 140 valence electrons. The smallest absolute Gasteiger partial charge is 0.251 e. The number of hydrogen-bond donors (Lipinski definition) is 1. The first-order chi connectivity index (χ1) is 12.2. The molecule has 2 aromatic rings. The highest BCUT2D eigenvalue weighted by atomic mass is 35.5. The van der Waals surface area contributed by atoms with Crippen LogP contribution in [0.15, 0.2) is 53.4 Å². The van der Waals surface area contributed by atoms with Gasteiger partial charge in [-0.25, -0.2) is 8.42 Å². The van der Waals surface area contributed by atoms with E-state index in [4.69, 9.17) is 11.6 Å². The Hall–Kier alpha value is -1.89. The highest BCUT2D eigenvalue weighted by molar-refractivity contribution is 7.89. The maximum Gasteiger partial charge on any atom is 0.251 e. The molecule has 0 aliphatic carbocycles. The van der Waals surface area contributed by atoms with E-state index in [1.54, 1.807) is 36.4 Å². The van der Waals surface area contributed by atoms with Crippen molar-refractivity contribution in [3.63, 3.8) is 0 Å². The van der Waals surface area contributed by atoms with Crippen LogP contribution in [0.5, 0.6) is 0 Å². The van der Waals surface area contributed by atoms with Crippen molar-refractivity contribution in [3.8, 4) is 0 Å². The Morgan fingerprint density at radius 2 is 1.69 bits per heavy atom. The fraction of sp³-hybridized carbons (Fsp3) is 0.316. The van der Waals surface area contributed by atoms with Gasteiger partial charge in [0.1, 0.15) is 0 Å². The van der Waals surface area contributed by atoms with Crippen molar-refractivity contribution in [1.82, 2.24) is 9.62 Å². The Morgan fingerprint density at radius 1 is 1.12 bits per heavy atom. The summed E-state index contributed by atoms with van der Waals surface area (Å²) in [5, 5.41) is 3.38. The lowest BCUT2D eigenvalue weighted by Crippen LogP contribution is -2.31. The van der Waals surface area contributed by atoms with Crippen LogP contribution in [-0.4, -0.2) is 31.7 Å². The van der Waals surface area contributed by atoms with Crippen molar-refractivity contribution in [2.45, 2.75) is 37.8 Å². The first kappa shape index (κ1) is 20.4. The molecule has 0 fully saturated rings. The predicted octanol–water partition coefficient (Wildman–Crippen LogP) is 3.69. The molecule has 0 aromatic heterocycles. The van der Waals surface area contributed by atoms with E-state index in [2.05, 4.69) is 5.32 Å². The summed E-state index contributed by atoms with van der Waals surface area (Å²) in [6.45, 7) is 4.16. The molecule has 0 saturated heterocycles. The van der Waals surface area contributed by atoms with E-state index in [1.165, 1.54) is 23.5 Å². The van der Waals surface area contributed by atoms with E-state index in [0.29, 0.717) is 10.6 Å². The minimum atomic E-state index is -3.60. The molecular weight excluding hydrogens is 372 g/mol. The second kappa shape index (κ2) is 8.66. The quantitative estimate of drug-likeness (QED) is 0.778. The number of rotatable bonds is 7. The zero-order valence-corrected chi connectivity index (χ0v) is 16.6. The molecule has 0 aliphatic heterocycles. The first-order valence-corrected chi connectivity index (χ1v) is 10.2. The first-order valence-electron chi connectivity index (χ1n) is 8.35. The number of nitrogens with one attached hydrogen (secondary N) is 1. The number of benzene rings is 2. The molecule has 5 nitrogen and oxygen atoms in total. The lowest BCUT2D eigenvalue weighted by atomic mass is 10.1. The standard InChI is InChI=1S/C19H23ClN2O3S/c1-4-14(2)21-19(23)16-7-5-15(6-8-16)13-22(3)26(24,25)18-11-9-17(20)10-12-18/h5-12,14H,4,13H2,1-3H3,(H,21,23)/t14-/m0/s1. The Bertz CT molecular complexity index is 849. The highest BCUT2D eigenvalue weighted by Crippen LogP contribution is 2.19. The summed E-state index contributed by atoms with van der Waals surface area (Å²) in [5.74, 6) is -0.131. The average molecular weight is 395 g/mol. The summed E-state index contributed by atoms with van der Waals surface area (Å²) in [4.78, 5) is 12.3. The number of amides is 1. The van der Waals surface area contributed by atoms with Crippen molar-refractivity contribution < 1.29 is 13.2 Å². The molecule has 26 heavy (non-hydrogen) atoms. The van der Waals surface area contributed by atoms with Crippen LogP contribution in [0.25, 0.3) is 0 Å². The lowest BCUT2D eigenvalue weighted by molar-refractivity contribution is 0.0939. The van der Waals surface area contributed by atoms with Crippen molar-refractivity contribution >= 4 is 27.5 Å². The van der Waals surface area contributed by atoms with Gasteiger partial charge in [-0.2, -0.15) is 4.31 Å². The van der Waals surface area contributed by atoms with Crippen molar-refractivity contribution in [3.05, 3.63) is 64.7 Å². The average Bonchev–Trinajstić information content (AvgIpc) is 2.62. The summed E-state index contributed by atoms with van der Waals surface area (Å²) in [6, 6.07) is 13.1. The van der Waals surface area contributed by atoms with Gasteiger partial charge >= 0.3 is 0 Å². The van der Waals surface area contributed by atoms with Crippen LogP contribution in [0.4, 0.5) is 0 Å². The fourth-order valence-corrected chi connectivity index (χ4v) is 3.58. The molecule has 0 heterocycles. The third-order valence-electron chi connectivity index (χ3n) is 4.13. The van der Waals surface area contributed by atoms with E-state index in [0.717, 1.165) is 12.0 Å². The van der Waals surface area contributed by atoms with Gasteiger partial charge in [0.2, 0.25) is 10.0 Å². The Kier molecular flexibility index (Phi) is 6.81. The Labute approximate surface area is 160 Å². The molecule has 7 heteroatoms. The minimum absolute atomic E-state index is 0.109. The number of sulfonamides is 1. The Balaban J connectivity index is 2.08. The van der Waals surface area contributed by atoms with Crippen LogP contribution in [0.2, 0.25) is 5.02 Å². The van der Waals surface area contributed by atoms with Gasteiger partial charge in [0, 0.05) is 30.2 Å². The second-order valence-corrected chi connectivity index (χ2v) is 8.68. The molecule has 1 N–H and O–H groups in total. The topological polar surface area (TPSA) is 66.5 Å². The second-order valence-electron chi connectivity index (χ2n) is 6.19. The van der Waals surface area contributed by atoms with Crippen molar-refractivity contribution in [2.24, 2.45) is 0 Å². The van der Waals surface area contributed by atoms with Crippen LogP contribution in [0, 0.1) is 0 Å². The van der Waals surface area contributed by atoms with Crippen LogP contribution < -0.4 is 5.32 Å². The molecule has 0 aliphatic rings. The summed E-state index contributed by atoms with van der Waals surface area (Å²) < 4.78 is 26.5. The molecular formula is C19H23ClN2O3S. The number of carbonyl (C=O) groups is 1. The van der Waals surface area contributed by atoms with Crippen molar-refractivity contribution in [2.75, 3.05) is 7.05 Å². The third-order valence-corrected chi connectivity index (χ3v) is 6.20. The van der Waals surface area contributed by atoms with Gasteiger partial charge in [-0.3, -0.25) is 4.79 Å². The zero-order valence-electron chi connectivity index (χ0n) is 15.1. The van der Waals surface area contributed by atoms with Gasteiger partial charge in [0.25, 0.3) is 5.91 Å². The number of nitrogens with zero attached hydrogens (tertiary/aromatic N) is 1. The van der Waals surface area contributed by atoms with Gasteiger partial charge in [0.15, 0.2) is 0 Å². The monoisotopic (exact) mass is 394 g/mol. The van der Waals surface area contributed by atoms with E-state index in [-0.39, 0.29) is 23.4 Å². The SMILES string of the molecule is CC[C@H](C)NC(=O)c1ccc(CN(C)S(=O)(=O)c2ccc(Cl)cc2)cc1. The fourth-order valence-electron chi connectivity index (χ4n) is 2.30. The van der Waals surface area contributed by atoms with Crippen LogP contribution in [-0.2, 0) is 16.6 Å². The normalized spacial score (nSPS) is 12.8. The Morgan fingerprint density at radius 3 is 2.23 bits per heavy atom. The van der Waals surface area contributed by atoms with Gasteiger partial charge in [0.05, 0.1) is 4.90 Å². The lowest BCUT2D eigenvalue weighted by Gasteiger charge is -2.17. The molecule has 0 bridgehead atoms. The summed E-state index contributed by atoms with van der Waals surface area (Å²) in [6.07, 6.45) is 0.858. The van der Waals surface area contributed by atoms with Gasteiger partial charge in [-0.05, 0) is 55.3 Å². The van der Waals surface area contributed by atoms with E-state index < -0.39 is 10.0 Å². The molecule has 0 spiro atoms. The van der Waals surface area contributed by atoms with E-state index in [1.807, 2.05) is 13.8 Å². The minimum Gasteiger partial charge on any atom is -0.350 e. The molecule has 0 radical (unpaired) electrons. The molecule has 1 atom stereocenters. The summed E-state index contributed by atoms with van der Waals surface area (Å²) >= 11 is 5.81. The van der Waals surface area contributed by atoms with E-state index in [9.17, 15) is 13.2 Å². The highest BCUT2D eigenvalue weighted by Gasteiger charge is 2.21. The molecule has 2 aromatic carbocycles. The number of halogens is 1. The van der Waals surface area contributed by atoms with Crippen LogP contribution in [0.3, 0.4) is 0 Å². The predicted molar refractivity (Wildman–Crippen MR) is 104 cm³/mol. The van der Waals surface area contributed by atoms with Crippen molar-refractivity contribution in [1.29, 1.82) is 0 Å². The van der Waals surface area contributed by atoms with Crippen LogP contribution in [0.1, 0.15) is 36.2 Å². The molecule has 0 saturated carbocycles. The summed E-state index contributed by atoms with van der Waals surface area (Å²) in [7, 11) is -2.08. The maximum atomic E-state index is 12.6.